The standard InChI is InChI=1S/C8H14F3N/c1-2-6-5-7(6,12)3-4-8(9,10)11/h6H,2-5,12H2,1H3. The smallest absolute Gasteiger partial charge is 0.325 e. The van der Waals surface area contributed by atoms with Gasteiger partial charge < -0.3 is 5.73 Å². The van der Waals surface area contributed by atoms with Crippen molar-refractivity contribution in [2.45, 2.75) is 44.3 Å². The summed E-state index contributed by atoms with van der Waals surface area (Å²) in [6.07, 6.45) is -3.03. The highest BCUT2D eigenvalue weighted by molar-refractivity contribution is 5.06. The van der Waals surface area contributed by atoms with Gasteiger partial charge in [0.1, 0.15) is 0 Å². The molecule has 2 atom stereocenters. The average Bonchev–Trinajstić information content (AvgIpc) is 2.58. The fourth-order valence-electron chi connectivity index (χ4n) is 1.63. The Morgan fingerprint density at radius 2 is 2.08 bits per heavy atom. The molecule has 1 nitrogen and oxygen atoms in total. The van der Waals surface area contributed by atoms with Crippen molar-refractivity contribution in [3.63, 3.8) is 0 Å². The summed E-state index contributed by atoms with van der Waals surface area (Å²) in [5, 5.41) is 0. The van der Waals surface area contributed by atoms with E-state index < -0.39 is 18.1 Å². The lowest BCUT2D eigenvalue weighted by molar-refractivity contribution is -0.136. The number of rotatable bonds is 3. The summed E-state index contributed by atoms with van der Waals surface area (Å²) in [6.45, 7) is 1.97. The lowest BCUT2D eigenvalue weighted by Gasteiger charge is -2.12. The second-order valence-corrected chi connectivity index (χ2v) is 3.66. The molecule has 2 N–H and O–H groups in total. The number of hydrogen-bond donors (Lipinski definition) is 1. The molecule has 1 rings (SSSR count). The lowest BCUT2D eigenvalue weighted by Crippen LogP contribution is -2.27. The maximum Gasteiger partial charge on any atom is 0.389 e. The third-order valence-electron chi connectivity index (χ3n) is 2.65. The highest BCUT2D eigenvalue weighted by Crippen LogP contribution is 2.47. The van der Waals surface area contributed by atoms with Crippen LogP contribution in [0.25, 0.3) is 0 Å². The molecule has 0 saturated heterocycles. The average molecular weight is 181 g/mol. The highest BCUT2D eigenvalue weighted by Gasteiger charge is 2.50. The monoisotopic (exact) mass is 181 g/mol. The van der Waals surface area contributed by atoms with Gasteiger partial charge in [0.25, 0.3) is 0 Å². The van der Waals surface area contributed by atoms with Gasteiger partial charge in [-0.1, -0.05) is 13.3 Å². The minimum Gasteiger partial charge on any atom is -0.325 e. The van der Waals surface area contributed by atoms with Crippen molar-refractivity contribution in [1.82, 2.24) is 0 Å². The topological polar surface area (TPSA) is 26.0 Å². The van der Waals surface area contributed by atoms with Gasteiger partial charge >= 0.3 is 6.18 Å². The first-order valence-corrected chi connectivity index (χ1v) is 4.23. The molecular weight excluding hydrogens is 167 g/mol. The van der Waals surface area contributed by atoms with E-state index in [0.29, 0.717) is 5.92 Å². The van der Waals surface area contributed by atoms with Gasteiger partial charge in [-0.15, -0.1) is 0 Å². The van der Waals surface area contributed by atoms with E-state index in [-0.39, 0.29) is 6.42 Å². The van der Waals surface area contributed by atoms with E-state index >= 15 is 0 Å². The molecule has 12 heavy (non-hydrogen) atoms. The van der Waals surface area contributed by atoms with Crippen LogP contribution in [0.2, 0.25) is 0 Å². The van der Waals surface area contributed by atoms with Crippen LogP contribution in [0.5, 0.6) is 0 Å². The molecule has 2 unspecified atom stereocenters. The molecule has 0 aliphatic heterocycles. The van der Waals surface area contributed by atoms with Gasteiger partial charge in [-0.3, -0.25) is 0 Å². The molecule has 1 aliphatic carbocycles. The maximum absolute atomic E-state index is 11.8. The molecule has 0 heterocycles. The molecule has 1 aliphatic rings. The Hall–Kier alpha value is -0.250. The van der Waals surface area contributed by atoms with E-state index in [1.807, 2.05) is 6.92 Å². The number of hydrogen-bond acceptors (Lipinski definition) is 1. The van der Waals surface area contributed by atoms with Crippen molar-refractivity contribution in [2.75, 3.05) is 0 Å². The van der Waals surface area contributed by atoms with Crippen LogP contribution >= 0.6 is 0 Å². The second-order valence-electron chi connectivity index (χ2n) is 3.66. The second kappa shape index (κ2) is 2.91. The molecule has 1 fully saturated rings. The summed E-state index contributed by atoms with van der Waals surface area (Å²) in [4.78, 5) is 0. The molecule has 0 aromatic carbocycles. The Kier molecular flexibility index (Phi) is 2.38. The predicted molar refractivity (Wildman–Crippen MR) is 40.6 cm³/mol. The summed E-state index contributed by atoms with van der Waals surface area (Å²) < 4.78 is 35.4. The molecule has 0 aromatic heterocycles. The lowest BCUT2D eigenvalue weighted by atomic mass is 10.1. The first-order valence-electron chi connectivity index (χ1n) is 4.23. The molecule has 0 bridgehead atoms. The van der Waals surface area contributed by atoms with Gasteiger partial charge in [0, 0.05) is 12.0 Å². The summed E-state index contributed by atoms with van der Waals surface area (Å²) >= 11 is 0. The Morgan fingerprint density at radius 3 is 2.42 bits per heavy atom. The summed E-state index contributed by atoms with van der Waals surface area (Å²) in [5.41, 5.74) is 5.21. The largest absolute Gasteiger partial charge is 0.389 e. The first-order chi connectivity index (χ1) is 5.37. The van der Waals surface area contributed by atoms with E-state index in [0.717, 1.165) is 12.8 Å². The van der Waals surface area contributed by atoms with Crippen molar-refractivity contribution in [3.05, 3.63) is 0 Å². The summed E-state index contributed by atoms with van der Waals surface area (Å²) in [6, 6.07) is 0. The van der Waals surface area contributed by atoms with Crippen LogP contribution < -0.4 is 5.73 Å². The van der Waals surface area contributed by atoms with E-state index in [1.165, 1.54) is 0 Å². The predicted octanol–water partition coefficient (Wildman–Crippen LogP) is 2.46. The minimum atomic E-state index is -4.05. The maximum atomic E-state index is 11.8. The zero-order chi connectivity index (χ0) is 9.41. The van der Waals surface area contributed by atoms with Crippen LogP contribution in [-0.2, 0) is 0 Å². The zero-order valence-electron chi connectivity index (χ0n) is 7.12. The highest BCUT2D eigenvalue weighted by atomic mass is 19.4. The van der Waals surface area contributed by atoms with Gasteiger partial charge in [-0.05, 0) is 18.8 Å². The van der Waals surface area contributed by atoms with E-state index in [1.54, 1.807) is 0 Å². The van der Waals surface area contributed by atoms with Crippen molar-refractivity contribution in [2.24, 2.45) is 11.7 Å². The van der Waals surface area contributed by atoms with Crippen LogP contribution in [0.1, 0.15) is 32.6 Å². The van der Waals surface area contributed by atoms with E-state index in [2.05, 4.69) is 0 Å². The fourth-order valence-corrected chi connectivity index (χ4v) is 1.63. The molecule has 1 saturated carbocycles. The van der Waals surface area contributed by atoms with Gasteiger partial charge in [-0.25, -0.2) is 0 Å². The van der Waals surface area contributed by atoms with Crippen LogP contribution in [0, 0.1) is 5.92 Å². The molecule has 4 heteroatoms. The molecule has 0 spiro atoms. The van der Waals surface area contributed by atoms with Crippen molar-refractivity contribution in [3.8, 4) is 0 Å². The Labute approximate surface area is 70.1 Å². The third kappa shape index (κ3) is 2.37. The number of halogens is 3. The van der Waals surface area contributed by atoms with Crippen LogP contribution in [0.4, 0.5) is 13.2 Å². The van der Waals surface area contributed by atoms with E-state index in [4.69, 9.17) is 5.73 Å². The number of alkyl halides is 3. The first kappa shape index (κ1) is 9.84. The van der Waals surface area contributed by atoms with Gasteiger partial charge in [-0.2, -0.15) is 13.2 Å². The van der Waals surface area contributed by atoms with Gasteiger partial charge in [0.2, 0.25) is 0 Å². The van der Waals surface area contributed by atoms with Gasteiger partial charge in [0.15, 0.2) is 0 Å². The normalized spacial score (nSPS) is 35.2. The van der Waals surface area contributed by atoms with E-state index in [9.17, 15) is 13.2 Å². The van der Waals surface area contributed by atoms with Gasteiger partial charge in [0.05, 0.1) is 0 Å². The van der Waals surface area contributed by atoms with Crippen LogP contribution in [0.3, 0.4) is 0 Å². The zero-order valence-corrected chi connectivity index (χ0v) is 7.12. The molecular formula is C8H14F3N. The van der Waals surface area contributed by atoms with Crippen LogP contribution in [0.15, 0.2) is 0 Å². The Bertz CT molecular complexity index is 166. The number of nitrogens with two attached hydrogens (primary N) is 1. The molecule has 72 valence electrons. The van der Waals surface area contributed by atoms with Crippen molar-refractivity contribution < 1.29 is 13.2 Å². The van der Waals surface area contributed by atoms with Crippen molar-refractivity contribution in [1.29, 1.82) is 0 Å². The molecule has 0 aromatic rings. The third-order valence-corrected chi connectivity index (χ3v) is 2.65. The molecule has 0 amide bonds. The quantitative estimate of drug-likeness (QED) is 0.711. The summed E-state index contributed by atoms with van der Waals surface area (Å²) in [5.74, 6) is 0.319. The minimum absolute atomic E-state index is 0.0923. The Balaban J connectivity index is 2.25. The SMILES string of the molecule is CCC1CC1(N)CCC(F)(F)F. The Morgan fingerprint density at radius 1 is 1.50 bits per heavy atom. The van der Waals surface area contributed by atoms with Crippen molar-refractivity contribution >= 4 is 0 Å². The molecule has 0 radical (unpaired) electrons. The summed E-state index contributed by atoms with van der Waals surface area (Å²) in [7, 11) is 0. The fraction of sp³-hybridized carbons (Fsp3) is 1.00. The van der Waals surface area contributed by atoms with Crippen LogP contribution in [-0.4, -0.2) is 11.7 Å².